The first-order chi connectivity index (χ1) is 12.7. The summed E-state index contributed by atoms with van der Waals surface area (Å²) in [5.41, 5.74) is 0.763. The molecule has 2 aliphatic rings. The average Bonchev–Trinajstić information content (AvgIpc) is 2.64. The predicted octanol–water partition coefficient (Wildman–Crippen LogP) is 5.25. The molecule has 0 bridgehead atoms. The third kappa shape index (κ3) is 5.56. The second-order valence-corrected chi connectivity index (χ2v) is 9.10. The van der Waals surface area contributed by atoms with Gasteiger partial charge in [0.15, 0.2) is 0 Å². The summed E-state index contributed by atoms with van der Waals surface area (Å²) in [7, 11) is 0. The summed E-state index contributed by atoms with van der Waals surface area (Å²) in [6, 6.07) is 8.00. The zero-order chi connectivity index (χ0) is 18.4. The Balaban J connectivity index is 1.57. The SMILES string of the molecule is CCCC1CCCN(CC2CCCCC2NC(=O)c2ccc(Br)cc2)C1. The van der Waals surface area contributed by atoms with E-state index in [1.807, 2.05) is 24.3 Å². The molecular weight excluding hydrogens is 388 g/mol. The maximum absolute atomic E-state index is 12.7. The number of nitrogens with zero attached hydrogens (tertiary/aromatic N) is 1. The maximum Gasteiger partial charge on any atom is 0.251 e. The number of carbonyl (C=O) groups is 1. The summed E-state index contributed by atoms with van der Waals surface area (Å²) >= 11 is 3.44. The number of piperidine rings is 1. The third-order valence-electron chi connectivity index (χ3n) is 6.12. The molecule has 0 aromatic heterocycles. The Bertz CT molecular complexity index is 572. The van der Waals surface area contributed by atoms with Crippen LogP contribution in [0.15, 0.2) is 28.7 Å². The van der Waals surface area contributed by atoms with E-state index in [-0.39, 0.29) is 5.91 Å². The topological polar surface area (TPSA) is 32.3 Å². The summed E-state index contributed by atoms with van der Waals surface area (Å²) in [6.07, 6.45) is 10.3. The summed E-state index contributed by atoms with van der Waals surface area (Å²) in [5, 5.41) is 3.35. The molecule has 0 spiro atoms. The number of carbonyl (C=O) groups excluding carboxylic acids is 1. The zero-order valence-electron chi connectivity index (χ0n) is 16.1. The molecule has 4 heteroatoms. The van der Waals surface area contributed by atoms with Crippen molar-refractivity contribution >= 4 is 21.8 Å². The highest BCUT2D eigenvalue weighted by Crippen LogP contribution is 2.28. The molecule has 3 unspecified atom stereocenters. The summed E-state index contributed by atoms with van der Waals surface area (Å²) in [6.45, 7) is 5.96. The van der Waals surface area contributed by atoms with Crippen molar-refractivity contribution in [3.05, 3.63) is 34.3 Å². The van der Waals surface area contributed by atoms with Gasteiger partial charge in [0.1, 0.15) is 0 Å². The molecule has 1 aromatic carbocycles. The second kappa shape index (κ2) is 9.89. The van der Waals surface area contributed by atoms with E-state index in [9.17, 15) is 4.79 Å². The number of likely N-dealkylation sites (tertiary alicyclic amines) is 1. The van der Waals surface area contributed by atoms with Crippen LogP contribution < -0.4 is 5.32 Å². The molecule has 3 rings (SSSR count). The fraction of sp³-hybridized carbons (Fsp3) is 0.682. The molecule has 26 heavy (non-hydrogen) atoms. The Morgan fingerprint density at radius 2 is 1.92 bits per heavy atom. The van der Waals surface area contributed by atoms with E-state index in [2.05, 4.69) is 33.1 Å². The van der Waals surface area contributed by atoms with Crippen molar-refractivity contribution in [3.63, 3.8) is 0 Å². The molecule has 1 saturated carbocycles. The largest absolute Gasteiger partial charge is 0.349 e. The van der Waals surface area contributed by atoms with E-state index in [0.29, 0.717) is 12.0 Å². The number of halogens is 1. The first-order valence-electron chi connectivity index (χ1n) is 10.4. The molecule has 1 aromatic rings. The monoisotopic (exact) mass is 420 g/mol. The van der Waals surface area contributed by atoms with Crippen LogP contribution in [0.1, 0.15) is 68.6 Å². The van der Waals surface area contributed by atoms with Gasteiger partial charge in [-0.2, -0.15) is 0 Å². The zero-order valence-corrected chi connectivity index (χ0v) is 17.6. The quantitative estimate of drug-likeness (QED) is 0.681. The fourth-order valence-electron chi connectivity index (χ4n) is 4.76. The minimum absolute atomic E-state index is 0.0805. The third-order valence-corrected chi connectivity index (χ3v) is 6.65. The van der Waals surface area contributed by atoms with Crippen LogP contribution in [0.2, 0.25) is 0 Å². The molecule has 2 fully saturated rings. The Morgan fingerprint density at radius 3 is 2.69 bits per heavy atom. The molecule has 3 atom stereocenters. The van der Waals surface area contributed by atoms with Gasteiger partial charge in [-0.05, 0) is 74.8 Å². The van der Waals surface area contributed by atoms with E-state index >= 15 is 0 Å². The highest BCUT2D eigenvalue weighted by molar-refractivity contribution is 9.10. The van der Waals surface area contributed by atoms with Gasteiger partial charge in [0.2, 0.25) is 0 Å². The Kier molecular flexibility index (Phi) is 7.56. The minimum Gasteiger partial charge on any atom is -0.349 e. The van der Waals surface area contributed by atoms with Crippen LogP contribution in [0.4, 0.5) is 0 Å². The van der Waals surface area contributed by atoms with Gasteiger partial charge in [-0.15, -0.1) is 0 Å². The van der Waals surface area contributed by atoms with Crippen molar-refractivity contribution in [1.29, 1.82) is 0 Å². The van der Waals surface area contributed by atoms with E-state index < -0.39 is 0 Å². The van der Waals surface area contributed by atoms with Crippen LogP contribution in [0.5, 0.6) is 0 Å². The summed E-state index contributed by atoms with van der Waals surface area (Å²) in [4.78, 5) is 15.3. The van der Waals surface area contributed by atoms with Crippen molar-refractivity contribution in [1.82, 2.24) is 10.2 Å². The molecule has 144 valence electrons. The van der Waals surface area contributed by atoms with Crippen molar-refractivity contribution < 1.29 is 4.79 Å². The number of amides is 1. The van der Waals surface area contributed by atoms with Crippen LogP contribution in [-0.2, 0) is 0 Å². The molecule has 1 heterocycles. The van der Waals surface area contributed by atoms with E-state index in [1.165, 1.54) is 58.0 Å². The number of hydrogen-bond acceptors (Lipinski definition) is 2. The van der Waals surface area contributed by atoms with Crippen molar-refractivity contribution in [2.45, 2.75) is 64.3 Å². The molecule has 1 aliphatic heterocycles. The predicted molar refractivity (Wildman–Crippen MR) is 111 cm³/mol. The summed E-state index contributed by atoms with van der Waals surface area (Å²) < 4.78 is 1.01. The van der Waals surface area contributed by atoms with Gasteiger partial charge in [-0.25, -0.2) is 0 Å². The normalized spacial score (nSPS) is 27.2. The number of hydrogen-bond donors (Lipinski definition) is 1. The summed E-state index contributed by atoms with van der Waals surface area (Å²) in [5.74, 6) is 1.56. The number of nitrogens with one attached hydrogen (secondary N) is 1. The Morgan fingerprint density at radius 1 is 1.15 bits per heavy atom. The van der Waals surface area contributed by atoms with Gasteiger partial charge in [0.05, 0.1) is 0 Å². The van der Waals surface area contributed by atoms with Crippen molar-refractivity contribution in [3.8, 4) is 0 Å². The standard InChI is InChI=1S/C22H33BrN2O/c1-2-6-17-7-5-14-25(15-17)16-19-8-3-4-9-21(19)24-22(26)18-10-12-20(23)13-11-18/h10-13,17,19,21H,2-9,14-16H2,1H3,(H,24,26). The molecule has 1 saturated heterocycles. The van der Waals surface area contributed by atoms with Gasteiger partial charge in [0.25, 0.3) is 5.91 Å². The lowest BCUT2D eigenvalue weighted by Crippen LogP contribution is -2.48. The van der Waals surface area contributed by atoms with Crippen LogP contribution in [0, 0.1) is 11.8 Å². The molecular formula is C22H33BrN2O. The van der Waals surface area contributed by atoms with Crippen molar-refractivity contribution in [2.24, 2.45) is 11.8 Å². The van der Waals surface area contributed by atoms with Gasteiger partial charge < -0.3 is 10.2 Å². The Labute approximate surface area is 167 Å². The van der Waals surface area contributed by atoms with Crippen LogP contribution in [0.3, 0.4) is 0 Å². The molecule has 1 amide bonds. The molecule has 3 nitrogen and oxygen atoms in total. The van der Waals surface area contributed by atoms with E-state index in [0.717, 1.165) is 28.9 Å². The van der Waals surface area contributed by atoms with Crippen LogP contribution in [0.25, 0.3) is 0 Å². The lowest BCUT2D eigenvalue weighted by Gasteiger charge is -2.39. The van der Waals surface area contributed by atoms with Crippen molar-refractivity contribution in [2.75, 3.05) is 19.6 Å². The first-order valence-corrected chi connectivity index (χ1v) is 11.2. The van der Waals surface area contributed by atoms with Crippen LogP contribution >= 0.6 is 15.9 Å². The number of benzene rings is 1. The smallest absolute Gasteiger partial charge is 0.251 e. The molecule has 1 aliphatic carbocycles. The maximum atomic E-state index is 12.7. The fourth-order valence-corrected chi connectivity index (χ4v) is 5.03. The Hall–Kier alpha value is -0.870. The molecule has 1 N–H and O–H groups in total. The average molecular weight is 421 g/mol. The van der Waals surface area contributed by atoms with Gasteiger partial charge >= 0.3 is 0 Å². The lowest BCUT2D eigenvalue weighted by molar-refractivity contribution is 0.0853. The van der Waals surface area contributed by atoms with Gasteiger partial charge in [-0.3, -0.25) is 4.79 Å². The minimum atomic E-state index is 0.0805. The first kappa shape index (κ1) is 19.9. The second-order valence-electron chi connectivity index (χ2n) is 8.19. The van der Waals surface area contributed by atoms with E-state index in [1.54, 1.807) is 0 Å². The van der Waals surface area contributed by atoms with Gasteiger partial charge in [0, 0.05) is 29.2 Å². The highest BCUT2D eigenvalue weighted by Gasteiger charge is 2.30. The highest BCUT2D eigenvalue weighted by atomic mass is 79.9. The molecule has 0 radical (unpaired) electrons. The van der Waals surface area contributed by atoms with E-state index in [4.69, 9.17) is 0 Å². The lowest BCUT2D eigenvalue weighted by atomic mass is 9.83. The number of rotatable bonds is 6. The van der Waals surface area contributed by atoms with Crippen LogP contribution in [-0.4, -0.2) is 36.5 Å². The van der Waals surface area contributed by atoms with Gasteiger partial charge in [-0.1, -0.05) is 42.1 Å².